The molecule has 2 N–H and O–H groups in total. The number of halogens is 2. The zero-order chi connectivity index (χ0) is 16.9. The molecule has 0 aliphatic carbocycles. The van der Waals surface area contributed by atoms with Gasteiger partial charge >= 0.3 is 0 Å². The lowest BCUT2D eigenvalue weighted by Gasteiger charge is -2.11. The van der Waals surface area contributed by atoms with Crippen LogP contribution in [-0.2, 0) is 0 Å². The average Bonchev–Trinajstić information content (AvgIpc) is 2.60. The van der Waals surface area contributed by atoms with Crippen LogP contribution in [0.1, 0.15) is 0 Å². The number of hydrogen-bond acceptors (Lipinski definition) is 6. The molecule has 0 saturated heterocycles. The van der Waals surface area contributed by atoms with Crippen molar-refractivity contribution in [2.75, 3.05) is 17.7 Å². The van der Waals surface area contributed by atoms with Gasteiger partial charge in [-0.15, -0.1) is 5.10 Å². The Bertz CT molecular complexity index is 859. The second-order valence-corrected chi connectivity index (χ2v) is 5.50. The highest BCUT2D eigenvalue weighted by molar-refractivity contribution is 6.43. The van der Waals surface area contributed by atoms with Crippen LogP contribution in [0.2, 0.25) is 10.0 Å². The van der Waals surface area contributed by atoms with Crippen molar-refractivity contribution < 1.29 is 4.74 Å². The van der Waals surface area contributed by atoms with Gasteiger partial charge in [0.25, 0.3) is 0 Å². The molecule has 0 amide bonds. The molecule has 8 heteroatoms. The molecule has 0 fully saturated rings. The Hall–Kier alpha value is -2.57. The number of rotatable bonds is 5. The molecule has 2 aromatic carbocycles. The van der Waals surface area contributed by atoms with Crippen LogP contribution in [0.3, 0.4) is 0 Å². The Morgan fingerprint density at radius 2 is 1.75 bits per heavy atom. The van der Waals surface area contributed by atoms with Crippen LogP contribution in [0.4, 0.5) is 23.1 Å². The summed E-state index contributed by atoms with van der Waals surface area (Å²) in [5.41, 5.74) is 1.37. The minimum Gasteiger partial charge on any atom is -0.495 e. The molecule has 1 aromatic heterocycles. The van der Waals surface area contributed by atoms with E-state index in [2.05, 4.69) is 25.8 Å². The fraction of sp³-hybridized carbons (Fsp3) is 0.0625. The molecule has 24 heavy (non-hydrogen) atoms. The minimum absolute atomic E-state index is 0.322. The zero-order valence-electron chi connectivity index (χ0n) is 12.6. The summed E-state index contributed by atoms with van der Waals surface area (Å²) in [6.45, 7) is 0. The van der Waals surface area contributed by atoms with E-state index < -0.39 is 0 Å². The van der Waals surface area contributed by atoms with Crippen molar-refractivity contribution in [3.8, 4) is 5.75 Å². The summed E-state index contributed by atoms with van der Waals surface area (Å²) in [5.74, 6) is 1.48. The molecule has 0 bridgehead atoms. The number of hydrogen-bond donors (Lipinski definition) is 2. The molecule has 0 spiro atoms. The standard InChI is InChI=1S/C16H13Cl2N5O/c1-24-13-8-3-2-6-11(13)21-16-22-14(9-19-23-16)20-12-7-4-5-10(17)15(12)18/h2-9H,1H3,(H2,20,21,22,23). The number of anilines is 4. The first-order valence-corrected chi connectivity index (χ1v) is 7.74. The normalized spacial score (nSPS) is 10.3. The highest BCUT2D eigenvalue weighted by Gasteiger charge is 2.08. The van der Waals surface area contributed by atoms with Gasteiger partial charge in [0.1, 0.15) is 5.75 Å². The Labute approximate surface area is 148 Å². The van der Waals surface area contributed by atoms with Crippen LogP contribution in [-0.4, -0.2) is 22.3 Å². The van der Waals surface area contributed by atoms with Gasteiger partial charge in [0.05, 0.1) is 34.7 Å². The van der Waals surface area contributed by atoms with E-state index in [9.17, 15) is 0 Å². The van der Waals surface area contributed by atoms with Crippen molar-refractivity contribution >= 4 is 46.3 Å². The summed E-state index contributed by atoms with van der Waals surface area (Å²) in [7, 11) is 1.60. The Morgan fingerprint density at radius 3 is 2.58 bits per heavy atom. The van der Waals surface area contributed by atoms with E-state index in [0.29, 0.717) is 33.2 Å². The molecule has 0 unspecified atom stereocenters. The summed E-state index contributed by atoms with van der Waals surface area (Å²) < 4.78 is 5.29. The van der Waals surface area contributed by atoms with Crippen LogP contribution in [0, 0.1) is 0 Å². The van der Waals surface area contributed by atoms with E-state index in [0.717, 1.165) is 5.69 Å². The lowest BCUT2D eigenvalue weighted by Crippen LogP contribution is -2.03. The summed E-state index contributed by atoms with van der Waals surface area (Å²) >= 11 is 12.2. The second kappa shape index (κ2) is 7.33. The number of ether oxygens (including phenoxy) is 1. The van der Waals surface area contributed by atoms with E-state index in [4.69, 9.17) is 27.9 Å². The number of benzene rings is 2. The summed E-state index contributed by atoms with van der Waals surface area (Å²) in [4.78, 5) is 4.36. The average molecular weight is 362 g/mol. The summed E-state index contributed by atoms with van der Waals surface area (Å²) in [6, 6.07) is 12.7. The maximum Gasteiger partial charge on any atom is 0.249 e. The molecule has 1 heterocycles. The van der Waals surface area contributed by atoms with Crippen LogP contribution in [0.15, 0.2) is 48.7 Å². The maximum absolute atomic E-state index is 6.16. The van der Waals surface area contributed by atoms with Crippen molar-refractivity contribution in [1.82, 2.24) is 15.2 Å². The first-order valence-electron chi connectivity index (χ1n) is 6.98. The molecule has 122 valence electrons. The largest absolute Gasteiger partial charge is 0.495 e. The molecular weight excluding hydrogens is 349 g/mol. The number of nitrogens with one attached hydrogen (secondary N) is 2. The molecule has 0 saturated carbocycles. The third-order valence-electron chi connectivity index (χ3n) is 3.13. The summed E-state index contributed by atoms with van der Waals surface area (Å²) in [5, 5.41) is 14.9. The predicted octanol–water partition coefficient (Wildman–Crippen LogP) is 4.67. The lowest BCUT2D eigenvalue weighted by molar-refractivity contribution is 0.417. The Kier molecular flexibility index (Phi) is 4.98. The van der Waals surface area contributed by atoms with Gasteiger partial charge in [0, 0.05) is 0 Å². The van der Waals surface area contributed by atoms with E-state index in [-0.39, 0.29) is 0 Å². The first kappa shape index (κ1) is 16.3. The van der Waals surface area contributed by atoms with Crippen molar-refractivity contribution in [3.63, 3.8) is 0 Å². The minimum atomic E-state index is 0.322. The van der Waals surface area contributed by atoms with Crippen LogP contribution in [0.5, 0.6) is 5.75 Å². The van der Waals surface area contributed by atoms with Gasteiger partial charge in [0.2, 0.25) is 5.95 Å². The van der Waals surface area contributed by atoms with Crippen LogP contribution < -0.4 is 15.4 Å². The molecule has 0 radical (unpaired) electrons. The topological polar surface area (TPSA) is 72.0 Å². The van der Waals surface area contributed by atoms with Gasteiger partial charge in [-0.05, 0) is 24.3 Å². The molecule has 0 aliphatic rings. The Morgan fingerprint density at radius 1 is 0.958 bits per heavy atom. The van der Waals surface area contributed by atoms with Crippen molar-refractivity contribution in [2.45, 2.75) is 0 Å². The Balaban J connectivity index is 1.83. The van der Waals surface area contributed by atoms with Crippen molar-refractivity contribution in [3.05, 3.63) is 58.7 Å². The molecule has 3 aromatic rings. The number of aromatic nitrogens is 3. The fourth-order valence-electron chi connectivity index (χ4n) is 2.02. The first-order chi connectivity index (χ1) is 11.7. The van der Waals surface area contributed by atoms with Gasteiger partial charge in [-0.2, -0.15) is 10.1 Å². The highest BCUT2D eigenvalue weighted by atomic mass is 35.5. The third-order valence-corrected chi connectivity index (χ3v) is 3.95. The quantitative estimate of drug-likeness (QED) is 0.687. The highest BCUT2D eigenvalue weighted by Crippen LogP contribution is 2.31. The van der Waals surface area contributed by atoms with Gasteiger partial charge in [-0.25, -0.2) is 0 Å². The van der Waals surface area contributed by atoms with E-state index >= 15 is 0 Å². The fourth-order valence-corrected chi connectivity index (χ4v) is 2.37. The monoisotopic (exact) mass is 361 g/mol. The van der Waals surface area contributed by atoms with Gasteiger partial charge in [-0.1, -0.05) is 41.4 Å². The number of para-hydroxylation sites is 2. The third kappa shape index (κ3) is 3.67. The maximum atomic E-state index is 6.16. The van der Waals surface area contributed by atoms with Crippen molar-refractivity contribution in [1.29, 1.82) is 0 Å². The SMILES string of the molecule is COc1ccccc1Nc1nncc(Nc2cccc(Cl)c2Cl)n1. The zero-order valence-corrected chi connectivity index (χ0v) is 14.1. The predicted molar refractivity (Wildman–Crippen MR) is 95.8 cm³/mol. The van der Waals surface area contributed by atoms with E-state index in [1.54, 1.807) is 25.3 Å². The van der Waals surface area contributed by atoms with Crippen LogP contribution in [0.25, 0.3) is 0 Å². The molecule has 0 atom stereocenters. The lowest BCUT2D eigenvalue weighted by atomic mass is 10.3. The van der Waals surface area contributed by atoms with Gasteiger partial charge in [-0.3, -0.25) is 0 Å². The second-order valence-electron chi connectivity index (χ2n) is 4.72. The molecule has 0 aliphatic heterocycles. The summed E-state index contributed by atoms with van der Waals surface area (Å²) in [6.07, 6.45) is 1.49. The van der Waals surface area contributed by atoms with Gasteiger partial charge in [0.15, 0.2) is 5.82 Å². The molecular formula is C16H13Cl2N5O. The number of methoxy groups -OCH3 is 1. The smallest absolute Gasteiger partial charge is 0.249 e. The van der Waals surface area contributed by atoms with E-state index in [1.165, 1.54) is 6.20 Å². The number of nitrogens with zero attached hydrogens (tertiary/aromatic N) is 3. The van der Waals surface area contributed by atoms with E-state index in [1.807, 2.05) is 24.3 Å². The molecule has 3 rings (SSSR count). The van der Waals surface area contributed by atoms with Crippen molar-refractivity contribution in [2.24, 2.45) is 0 Å². The molecule has 6 nitrogen and oxygen atoms in total. The van der Waals surface area contributed by atoms with Gasteiger partial charge < -0.3 is 15.4 Å². The van der Waals surface area contributed by atoms with Crippen LogP contribution >= 0.6 is 23.2 Å².